The Bertz CT molecular complexity index is 5990. The number of benzene rings is 8. The van der Waals surface area contributed by atoms with Gasteiger partial charge < -0.3 is 0 Å². The van der Waals surface area contributed by atoms with Crippen molar-refractivity contribution in [3.63, 3.8) is 0 Å². The molecule has 0 aliphatic carbocycles. The van der Waals surface area contributed by atoms with Crippen molar-refractivity contribution < 1.29 is 0 Å². The van der Waals surface area contributed by atoms with Crippen molar-refractivity contribution in [2.75, 3.05) is 0 Å². The molecular weight excluding hydrogens is 1490 g/mol. The standard InChI is InChI=1S/C110H72N12/c1-9-57-111-93(17-1)101-65-89(66-102(119-101)94-18-2-10-58-112-94)81-33-25-73(26-34-81)77-41-49-85(50-42-77)109(86-51-43-78(44-52-86)74-27-35-82(36-28-74)90-67-103(95-19-3-11-59-113-95)120-104(68-90)96-20-4-12-60-114-96)110(87-53-45-79(46-54-87)75-29-37-83(38-30-75)91-69-105(97-21-5-13-61-115-97)121-106(70-91)98-22-6-14-62-116-98)88-55-47-80(48-56-88)76-31-39-84(40-32-76)92-71-107(99-23-7-15-63-117-99)122-108(72-92)100-24-8-16-64-118-100/h1-72H. The second-order valence-corrected chi connectivity index (χ2v) is 29.6. The minimum absolute atomic E-state index is 0.775. The number of aromatic nitrogens is 12. The molecule has 20 rings (SSSR count). The lowest BCUT2D eigenvalue weighted by Gasteiger charge is -2.20. The molecule has 12 nitrogen and oxygen atoms in total. The van der Waals surface area contributed by atoms with E-state index in [1.807, 2.05) is 146 Å². The van der Waals surface area contributed by atoms with Crippen molar-refractivity contribution in [2.45, 2.75) is 0 Å². The summed E-state index contributed by atoms with van der Waals surface area (Å²) in [5, 5.41) is 0. The second-order valence-electron chi connectivity index (χ2n) is 29.6. The predicted molar refractivity (Wildman–Crippen MR) is 491 cm³/mol. The lowest BCUT2D eigenvalue weighted by atomic mass is 9.84. The lowest BCUT2D eigenvalue weighted by Crippen LogP contribution is -1.98. The number of hydrogen-bond acceptors (Lipinski definition) is 12. The van der Waals surface area contributed by atoms with Gasteiger partial charge in [0.05, 0.1) is 91.1 Å². The molecule has 12 aromatic heterocycles. The van der Waals surface area contributed by atoms with Crippen LogP contribution in [0.1, 0.15) is 22.3 Å². The molecule has 0 aliphatic rings. The summed E-state index contributed by atoms with van der Waals surface area (Å²) in [4.78, 5) is 57.7. The van der Waals surface area contributed by atoms with Gasteiger partial charge in [-0.3, -0.25) is 39.9 Å². The van der Waals surface area contributed by atoms with Crippen molar-refractivity contribution in [3.8, 4) is 180 Å². The molecule has 0 radical (unpaired) electrons. The molecule has 0 spiro atoms. The van der Waals surface area contributed by atoms with Gasteiger partial charge in [-0.15, -0.1) is 0 Å². The highest BCUT2D eigenvalue weighted by Gasteiger charge is 2.22. The van der Waals surface area contributed by atoms with Crippen molar-refractivity contribution in [1.29, 1.82) is 0 Å². The number of pyridine rings is 12. The van der Waals surface area contributed by atoms with E-state index in [1.165, 1.54) is 0 Å². The lowest BCUT2D eigenvalue weighted by molar-refractivity contribution is 1.22. The highest BCUT2D eigenvalue weighted by molar-refractivity contribution is 6.05. The summed E-state index contributed by atoms with van der Waals surface area (Å²) in [6.45, 7) is 0. The molecule has 0 bridgehead atoms. The molecule has 0 fully saturated rings. The molecule has 122 heavy (non-hydrogen) atoms. The summed E-state index contributed by atoms with van der Waals surface area (Å²) >= 11 is 0. The van der Waals surface area contributed by atoms with E-state index in [0.29, 0.717) is 0 Å². The molecule has 572 valence electrons. The molecule has 0 N–H and O–H groups in total. The number of hydrogen-bond donors (Lipinski definition) is 0. The molecule has 0 unspecified atom stereocenters. The summed E-state index contributed by atoms with van der Waals surface area (Å²) in [6, 6.07) is 135. The van der Waals surface area contributed by atoms with E-state index in [1.54, 1.807) is 49.6 Å². The SMILES string of the molecule is c1ccc(-c2cc(-c3ccc(-c4ccc(C(=C(c5ccc(-c6ccc(-c7cc(-c8ccccn8)nc(-c8ccccn8)c7)cc6)cc5)c5ccc(-c6ccc(-c7cc(-c8ccccn8)nc(-c8ccccn8)c7)cc6)cc5)c5ccc(-c6ccc(-c7cc(-c8ccccn8)nc(-c8ccccn8)c7)cc6)cc5)cc4)cc3)cc(-c3ccccn3)n2)nc1. The Labute approximate surface area is 706 Å². The molecule has 20 aromatic rings. The molecule has 0 atom stereocenters. The first-order valence-electron chi connectivity index (χ1n) is 40.4. The maximum Gasteiger partial charge on any atom is 0.0900 e. The predicted octanol–water partition coefficient (Wildman–Crippen LogP) is 26.1. The fourth-order valence-electron chi connectivity index (χ4n) is 15.6. The summed E-state index contributed by atoms with van der Waals surface area (Å²) in [6.07, 6.45) is 14.4. The van der Waals surface area contributed by atoms with Crippen molar-refractivity contribution in [1.82, 2.24) is 59.8 Å². The van der Waals surface area contributed by atoms with Gasteiger partial charge in [0, 0.05) is 49.6 Å². The molecule has 12 heterocycles. The Morgan fingerprint density at radius 3 is 0.361 bits per heavy atom. The second kappa shape index (κ2) is 33.9. The van der Waals surface area contributed by atoms with E-state index in [2.05, 4.69) is 283 Å². The van der Waals surface area contributed by atoms with E-state index < -0.39 is 0 Å². The number of nitrogens with zero attached hydrogens (tertiary/aromatic N) is 12. The van der Waals surface area contributed by atoms with Gasteiger partial charge in [0.2, 0.25) is 0 Å². The molecule has 0 saturated heterocycles. The van der Waals surface area contributed by atoms with E-state index in [-0.39, 0.29) is 0 Å². The van der Waals surface area contributed by atoms with Gasteiger partial charge in [0.25, 0.3) is 0 Å². The van der Waals surface area contributed by atoms with Crippen LogP contribution in [0.5, 0.6) is 0 Å². The highest BCUT2D eigenvalue weighted by atomic mass is 14.8. The Morgan fingerprint density at radius 2 is 0.238 bits per heavy atom. The van der Waals surface area contributed by atoms with Crippen LogP contribution in [0.25, 0.3) is 191 Å². The van der Waals surface area contributed by atoms with Crippen LogP contribution in [-0.4, -0.2) is 59.8 Å². The molecule has 8 aromatic carbocycles. The minimum Gasteiger partial charge on any atom is -0.255 e. The van der Waals surface area contributed by atoms with Crippen molar-refractivity contribution >= 4 is 11.1 Å². The third kappa shape index (κ3) is 16.1. The maximum atomic E-state index is 5.06. The molecule has 12 heteroatoms. The quantitative estimate of drug-likeness (QED) is 0.0667. The summed E-state index contributed by atoms with van der Waals surface area (Å²) in [5.41, 5.74) is 35.7. The third-order valence-electron chi connectivity index (χ3n) is 21.9. The molecule has 0 aliphatic heterocycles. The van der Waals surface area contributed by atoms with Gasteiger partial charge in [-0.25, -0.2) is 19.9 Å². The van der Waals surface area contributed by atoms with E-state index in [0.717, 1.165) is 214 Å². The zero-order valence-corrected chi connectivity index (χ0v) is 65.9. The first-order valence-corrected chi connectivity index (χ1v) is 40.4. The minimum atomic E-state index is 0.775. The summed E-state index contributed by atoms with van der Waals surface area (Å²) in [7, 11) is 0. The third-order valence-corrected chi connectivity index (χ3v) is 21.9. The molecular formula is C110H72N12. The van der Waals surface area contributed by atoms with Crippen LogP contribution in [0.3, 0.4) is 0 Å². The Balaban J connectivity index is 0.694. The van der Waals surface area contributed by atoms with E-state index in [9.17, 15) is 0 Å². The highest BCUT2D eigenvalue weighted by Crippen LogP contribution is 2.43. The topological polar surface area (TPSA) is 155 Å². The van der Waals surface area contributed by atoms with Gasteiger partial charge in [-0.1, -0.05) is 243 Å². The molecule has 0 amide bonds. The first kappa shape index (κ1) is 74.1. The van der Waals surface area contributed by atoms with Crippen molar-refractivity contribution in [3.05, 3.63) is 460 Å². The van der Waals surface area contributed by atoms with Crippen LogP contribution in [0.4, 0.5) is 0 Å². The smallest absolute Gasteiger partial charge is 0.0900 e. The van der Waals surface area contributed by atoms with Crippen LogP contribution in [0, 0.1) is 0 Å². The zero-order valence-electron chi connectivity index (χ0n) is 65.9. The largest absolute Gasteiger partial charge is 0.255 e. The van der Waals surface area contributed by atoms with E-state index >= 15 is 0 Å². The Kier molecular flexibility index (Phi) is 20.6. The molecule has 0 saturated carbocycles. The monoisotopic (exact) mass is 1560 g/mol. The van der Waals surface area contributed by atoms with Crippen LogP contribution < -0.4 is 0 Å². The normalized spacial score (nSPS) is 11.1. The zero-order chi connectivity index (χ0) is 81.3. The van der Waals surface area contributed by atoms with Gasteiger partial charge in [-0.05, 0) is 268 Å². The fourth-order valence-corrected chi connectivity index (χ4v) is 15.6. The Morgan fingerprint density at radius 1 is 0.115 bits per heavy atom. The first-order chi connectivity index (χ1) is 60.4. The van der Waals surface area contributed by atoms with Gasteiger partial charge >= 0.3 is 0 Å². The van der Waals surface area contributed by atoms with E-state index in [4.69, 9.17) is 19.9 Å². The summed E-state index contributed by atoms with van der Waals surface area (Å²) < 4.78 is 0. The van der Waals surface area contributed by atoms with Crippen LogP contribution in [0.2, 0.25) is 0 Å². The number of rotatable bonds is 20. The maximum absolute atomic E-state index is 5.06. The van der Waals surface area contributed by atoms with Gasteiger partial charge in [0.15, 0.2) is 0 Å². The van der Waals surface area contributed by atoms with Crippen LogP contribution in [0.15, 0.2) is 438 Å². The van der Waals surface area contributed by atoms with Gasteiger partial charge in [-0.2, -0.15) is 0 Å². The average molecular weight is 1560 g/mol. The van der Waals surface area contributed by atoms with Crippen LogP contribution >= 0.6 is 0 Å². The Hall–Kier alpha value is -16.7. The van der Waals surface area contributed by atoms with Crippen LogP contribution in [-0.2, 0) is 0 Å². The van der Waals surface area contributed by atoms with Crippen molar-refractivity contribution in [2.24, 2.45) is 0 Å². The fraction of sp³-hybridized carbons (Fsp3) is 0. The van der Waals surface area contributed by atoms with Gasteiger partial charge in [0.1, 0.15) is 0 Å². The average Bonchev–Trinajstić information content (AvgIpc) is 0.773. The summed E-state index contributed by atoms with van der Waals surface area (Å²) in [5.74, 6) is 0.